The van der Waals surface area contributed by atoms with Crippen molar-refractivity contribution in [1.29, 1.82) is 0 Å². The van der Waals surface area contributed by atoms with E-state index in [2.05, 4.69) is 28.1 Å². The molecule has 1 N–H and O–H groups in total. The molecule has 1 aromatic rings. The highest BCUT2D eigenvalue weighted by Crippen LogP contribution is 2.20. The summed E-state index contributed by atoms with van der Waals surface area (Å²) in [5, 5.41) is 4.18. The Bertz CT molecular complexity index is 507. The molecule has 0 spiro atoms. The molecule has 0 aliphatic carbocycles. The number of ether oxygens (including phenoxy) is 1. The molecule has 0 radical (unpaired) electrons. The van der Waals surface area contributed by atoms with Crippen LogP contribution in [0, 0.1) is 0 Å². The molecule has 0 atom stereocenters. The normalized spacial score (nSPS) is 15.2. The molecule has 7 heteroatoms. The van der Waals surface area contributed by atoms with Crippen molar-refractivity contribution in [3.8, 4) is 0 Å². The lowest BCUT2D eigenvalue weighted by Crippen LogP contribution is -2.52. The Balaban J connectivity index is 0.00000288. The Morgan fingerprint density at radius 1 is 1.29 bits per heavy atom. The zero-order valence-corrected chi connectivity index (χ0v) is 17.6. The van der Waals surface area contributed by atoms with Gasteiger partial charge in [-0.25, -0.2) is 0 Å². The van der Waals surface area contributed by atoms with Crippen LogP contribution < -0.4 is 10.2 Å². The molecule has 1 heterocycles. The first kappa shape index (κ1) is 21.3. The molecule has 1 aliphatic heterocycles. The maximum absolute atomic E-state index is 6.09. The third-order valence-electron chi connectivity index (χ3n) is 3.86. The molecule has 2 rings (SSSR count). The van der Waals surface area contributed by atoms with E-state index in [0.717, 1.165) is 63.3 Å². The zero-order valence-electron chi connectivity index (χ0n) is 14.5. The van der Waals surface area contributed by atoms with Crippen LogP contribution in [0.25, 0.3) is 0 Å². The Morgan fingerprint density at radius 2 is 2.04 bits per heavy atom. The summed E-state index contributed by atoms with van der Waals surface area (Å²) in [7, 11) is 1.73. The number of rotatable bonds is 6. The zero-order chi connectivity index (χ0) is 16.5. The van der Waals surface area contributed by atoms with Gasteiger partial charge in [-0.15, -0.1) is 24.0 Å². The topological polar surface area (TPSA) is 40.1 Å². The van der Waals surface area contributed by atoms with E-state index < -0.39 is 0 Å². The van der Waals surface area contributed by atoms with Gasteiger partial charge < -0.3 is 19.9 Å². The van der Waals surface area contributed by atoms with Crippen LogP contribution in [0.2, 0.25) is 5.02 Å². The van der Waals surface area contributed by atoms with Gasteiger partial charge in [0, 0.05) is 63.7 Å². The number of nitrogens with zero attached hydrogens (tertiary/aromatic N) is 3. The summed E-state index contributed by atoms with van der Waals surface area (Å²) in [6, 6.07) is 8.06. The van der Waals surface area contributed by atoms with Crippen molar-refractivity contribution in [1.82, 2.24) is 10.2 Å². The molecular weight excluding hydrogens is 439 g/mol. The first-order chi connectivity index (χ1) is 11.2. The molecule has 1 aliphatic rings. The molecule has 5 nitrogen and oxygen atoms in total. The number of benzene rings is 1. The van der Waals surface area contributed by atoms with Crippen molar-refractivity contribution < 1.29 is 4.74 Å². The lowest BCUT2D eigenvalue weighted by molar-refractivity contribution is 0.197. The minimum absolute atomic E-state index is 0. The molecule has 0 amide bonds. The highest BCUT2D eigenvalue weighted by atomic mass is 127. The number of piperazine rings is 1. The van der Waals surface area contributed by atoms with Gasteiger partial charge in [0.25, 0.3) is 0 Å². The summed E-state index contributed by atoms with van der Waals surface area (Å²) >= 11 is 6.09. The number of halogens is 2. The van der Waals surface area contributed by atoms with Gasteiger partial charge in [0.05, 0.1) is 0 Å². The maximum Gasteiger partial charge on any atom is 0.194 e. The van der Waals surface area contributed by atoms with E-state index in [-0.39, 0.29) is 24.0 Å². The van der Waals surface area contributed by atoms with Crippen molar-refractivity contribution >= 4 is 47.2 Å². The van der Waals surface area contributed by atoms with E-state index in [9.17, 15) is 0 Å². The fraction of sp³-hybridized carbons (Fsp3) is 0.588. The second-order valence-electron chi connectivity index (χ2n) is 5.54. The molecule has 1 saturated heterocycles. The van der Waals surface area contributed by atoms with Gasteiger partial charge in [-0.1, -0.05) is 17.7 Å². The number of anilines is 1. The van der Waals surface area contributed by atoms with Crippen molar-refractivity contribution in [2.75, 3.05) is 57.9 Å². The minimum Gasteiger partial charge on any atom is -0.385 e. The number of guanidine groups is 1. The molecule has 0 unspecified atom stereocenters. The fourth-order valence-electron chi connectivity index (χ4n) is 2.67. The summed E-state index contributed by atoms with van der Waals surface area (Å²) in [5.41, 5.74) is 1.19. The van der Waals surface area contributed by atoms with Crippen LogP contribution >= 0.6 is 35.6 Å². The minimum atomic E-state index is 0. The van der Waals surface area contributed by atoms with Crippen LogP contribution in [-0.4, -0.2) is 63.8 Å². The van der Waals surface area contributed by atoms with Crippen molar-refractivity contribution in [3.05, 3.63) is 29.3 Å². The Labute approximate surface area is 167 Å². The monoisotopic (exact) mass is 466 g/mol. The van der Waals surface area contributed by atoms with Crippen LogP contribution in [0.15, 0.2) is 29.3 Å². The second-order valence-corrected chi connectivity index (χ2v) is 5.97. The quantitative estimate of drug-likeness (QED) is 0.303. The molecular formula is C17H28ClIN4O. The van der Waals surface area contributed by atoms with E-state index in [4.69, 9.17) is 21.3 Å². The molecule has 0 saturated carbocycles. The molecule has 1 aromatic carbocycles. The third-order valence-corrected chi connectivity index (χ3v) is 4.09. The van der Waals surface area contributed by atoms with Crippen LogP contribution in [0.1, 0.15) is 13.3 Å². The van der Waals surface area contributed by atoms with E-state index >= 15 is 0 Å². The van der Waals surface area contributed by atoms with Gasteiger partial charge in [-0.3, -0.25) is 4.99 Å². The average molecular weight is 467 g/mol. The molecule has 136 valence electrons. The average Bonchev–Trinajstić information content (AvgIpc) is 2.58. The first-order valence-electron chi connectivity index (χ1n) is 8.27. The standard InChI is InChI=1S/C17H27ClN4O.HI/c1-3-19-17(20-8-5-13-23-2)22-11-9-21(10-12-22)16-7-4-6-15(18)14-16;/h4,6-7,14H,3,5,8-13H2,1-2H3,(H,19,20);1H. The number of hydrogen-bond acceptors (Lipinski definition) is 3. The maximum atomic E-state index is 6.09. The summed E-state index contributed by atoms with van der Waals surface area (Å²) in [5.74, 6) is 1.01. The van der Waals surface area contributed by atoms with E-state index in [1.807, 2.05) is 18.2 Å². The predicted molar refractivity (Wildman–Crippen MR) is 113 cm³/mol. The molecule has 0 aromatic heterocycles. The van der Waals surface area contributed by atoms with Gasteiger partial charge in [-0.2, -0.15) is 0 Å². The SMILES string of the molecule is CCNC(=NCCCOC)N1CCN(c2cccc(Cl)c2)CC1.I. The Morgan fingerprint density at radius 3 is 2.67 bits per heavy atom. The van der Waals surface area contributed by atoms with E-state index in [1.54, 1.807) is 7.11 Å². The third kappa shape index (κ3) is 6.64. The Kier molecular flexibility index (Phi) is 10.4. The van der Waals surface area contributed by atoms with Gasteiger partial charge in [0.2, 0.25) is 0 Å². The fourth-order valence-corrected chi connectivity index (χ4v) is 2.85. The second kappa shape index (κ2) is 11.8. The number of nitrogens with one attached hydrogen (secondary N) is 1. The van der Waals surface area contributed by atoms with Gasteiger partial charge in [0.15, 0.2) is 5.96 Å². The van der Waals surface area contributed by atoms with Gasteiger partial charge in [-0.05, 0) is 31.5 Å². The van der Waals surface area contributed by atoms with Crippen LogP contribution in [0.5, 0.6) is 0 Å². The highest BCUT2D eigenvalue weighted by Gasteiger charge is 2.19. The summed E-state index contributed by atoms with van der Waals surface area (Å²) in [4.78, 5) is 9.40. The van der Waals surface area contributed by atoms with Crippen LogP contribution in [0.3, 0.4) is 0 Å². The predicted octanol–water partition coefficient (Wildman–Crippen LogP) is 3.08. The first-order valence-corrected chi connectivity index (χ1v) is 8.65. The summed E-state index contributed by atoms with van der Waals surface area (Å²) in [6.07, 6.45) is 0.952. The number of methoxy groups -OCH3 is 1. The largest absolute Gasteiger partial charge is 0.385 e. The smallest absolute Gasteiger partial charge is 0.194 e. The van der Waals surface area contributed by atoms with Crippen molar-refractivity contribution in [3.63, 3.8) is 0 Å². The van der Waals surface area contributed by atoms with Crippen LogP contribution in [0.4, 0.5) is 5.69 Å². The highest BCUT2D eigenvalue weighted by molar-refractivity contribution is 14.0. The van der Waals surface area contributed by atoms with Crippen LogP contribution in [-0.2, 0) is 4.74 Å². The van der Waals surface area contributed by atoms with Crippen molar-refractivity contribution in [2.24, 2.45) is 4.99 Å². The molecule has 24 heavy (non-hydrogen) atoms. The van der Waals surface area contributed by atoms with E-state index in [0.29, 0.717) is 0 Å². The Hall–Kier alpha value is -0.730. The summed E-state index contributed by atoms with van der Waals surface area (Å²) < 4.78 is 5.08. The van der Waals surface area contributed by atoms with Gasteiger partial charge in [0.1, 0.15) is 0 Å². The number of hydrogen-bond donors (Lipinski definition) is 1. The number of aliphatic imine (C=N–C) groups is 1. The van der Waals surface area contributed by atoms with E-state index in [1.165, 1.54) is 5.69 Å². The lowest BCUT2D eigenvalue weighted by atomic mass is 10.2. The van der Waals surface area contributed by atoms with Crippen molar-refractivity contribution in [2.45, 2.75) is 13.3 Å². The molecule has 0 bridgehead atoms. The summed E-state index contributed by atoms with van der Waals surface area (Å²) in [6.45, 7) is 8.41. The van der Waals surface area contributed by atoms with Gasteiger partial charge >= 0.3 is 0 Å². The molecule has 1 fully saturated rings. The lowest BCUT2D eigenvalue weighted by Gasteiger charge is -2.37.